The van der Waals surface area contributed by atoms with Gasteiger partial charge in [-0.05, 0) is 6.42 Å². The van der Waals surface area contributed by atoms with Crippen LogP contribution in [0.15, 0.2) is 12.4 Å². The highest BCUT2D eigenvalue weighted by molar-refractivity contribution is 5.65. The lowest BCUT2D eigenvalue weighted by Crippen LogP contribution is -2.35. The molecule has 0 saturated carbocycles. The lowest BCUT2D eigenvalue weighted by molar-refractivity contribution is -0.182. The molecule has 0 aromatic carbocycles. The third-order valence-electron chi connectivity index (χ3n) is 2.11. The number of carbonyl (C=O) groups excluding carboxylic acids is 1. The van der Waals surface area contributed by atoms with Crippen LogP contribution in [0, 0.1) is 0 Å². The number of amides is 1. The number of rotatable bonds is 2. The van der Waals surface area contributed by atoms with Gasteiger partial charge in [0.25, 0.3) is 5.79 Å². The number of carbonyl (C=O) groups is 1. The van der Waals surface area contributed by atoms with E-state index in [0.29, 0.717) is 18.9 Å². The second kappa shape index (κ2) is 3.30. The van der Waals surface area contributed by atoms with Crippen LogP contribution >= 0.6 is 0 Å². The SMILES string of the molecule is NC(=O)O[C@]1(c2ncc[nH]2)CCCO1. The van der Waals surface area contributed by atoms with Crippen molar-refractivity contribution in [2.45, 2.75) is 18.6 Å². The fourth-order valence-corrected chi connectivity index (χ4v) is 1.57. The molecule has 76 valence electrons. The summed E-state index contributed by atoms with van der Waals surface area (Å²) in [6, 6.07) is 0. The molecule has 0 aliphatic carbocycles. The first-order valence-corrected chi connectivity index (χ1v) is 4.35. The first-order valence-electron chi connectivity index (χ1n) is 4.35. The number of aromatic nitrogens is 2. The van der Waals surface area contributed by atoms with E-state index in [-0.39, 0.29) is 0 Å². The minimum absolute atomic E-state index is 0.480. The first kappa shape index (κ1) is 9.01. The Labute approximate surface area is 80.4 Å². The molecule has 3 N–H and O–H groups in total. The van der Waals surface area contributed by atoms with Crippen LogP contribution in [0.4, 0.5) is 4.79 Å². The predicted octanol–water partition coefficient (Wildman–Crippen LogP) is 0.468. The van der Waals surface area contributed by atoms with Crippen molar-refractivity contribution in [1.82, 2.24) is 9.97 Å². The first-order chi connectivity index (χ1) is 6.73. The smallest absolute Gasteiger partial charge is 0.407 e. The molecule has 1 fully saturated rings. The normalized spacial score (nSPS) is 26.3. The molecule has 6 heteroatoms. The Hall–Kier alpha value is -1.56. The molecular formula is C8H11N3O3. The average Bonchev–Trinajstić information content (AvgIpc) is 2.69. The van der Waals surface area contributed by atoms with Crippen molar-refractivity contribution in [3.05, 3.63) is 18.2 Å². The Morgan fingerprint density at radius 1 is 1.79 bits per heavy atom. The van der Waals surface area contributed by atoms with E-state index in [1.165, 1.54) is 0 Å². The van der Waals surface area contributed by atoms with Gasteiger partial charge in [0.1, 0.15) is 0 Å². The van der Waals surface area contributed by atoms with Crippen LogP contribution in [-0.2, 0) is 15.3 Å². The number of ether oxygens (including phenoxy) is 2. The minimum atomic E-state index is -1.10. The van der Waals surface area contributed by atoms with Crippen molar-refractivity contribution in [2.24, 2.45) is 5.73 Å². The molecule has 0 bridgehead atoms. The molecule has 1 aliphatic rings. The third-order valence-corrected chi connectivity index (χ3v) is 2.11. The number of H-pyrrole nitrogens is 1. The van der Waals surface area contributed by atoms with Gasteiger partial charge in [-0.15, -0.1) is 0 Å². The highest BCUT2D eigenvalue weighted by Crippen LogP contribution is 2.35. The number of hydrogen-bond acceptors (Lipinski definition) is 4. The number of nitrogens with one attached hydrogen (secondary N) is 1. The maximum atomic E-state index is 10.7. The van der Waals surface area contributed by atoms with Gasteiger partial charge >= 0.3 is 6.09 Å². The summed E-state index contributed by atoms with van der Waals surface area (Å²) in [6.45, 7) is 0.536. The molecule has 14 heavy (non-hydrogen) atoms. The van der Waals surface area contributed by atoms with Crippen molar-refractivity contribution in [2.75, 3.05) is 6.61 Å². The zero-order valence-electron chi connectivity index (χ0n) is 7.53. The van der Waals surface area contributed by atoms with Crippen LogP contribution in [0.5, 0.6) is 0 Å². The average molecular weight is 197 g/mol. The lowest BCUT2D eigenvalue weighted by atomic mass is 10.2. The number of aromatic amines is 1. The number of imidazole rings is 1. The number of nitrogens with zero attached hydrogens (tertiary/aromatic N) is 1. The van der Waals surface area contributed by atoms with Crippen molar-refractivity contribution in [1.29, 1.82) is 0 Å². The molecule has 2 rings (SSSR count). The Balaban J connectivity index is 2.26. The van der Waals surface area contributed by atoms with E-state index >= 15 is 0 Å². The van der Waals surface area contributed by atoms with Gasteiger partial charge in [-0.25, -0.2) is 9.78 Å². The van der Waals surface area contributed by atoms with Gasteiger partial charge in [-0.1, -0.05) is 0 Å². The molecular weight excluding hydrogens is 186 g/mol. The number of hydrogen-bond donors (Lipinski definition) is 2. The van der Waals surface area contributed by atoms with Crippen molar-refractivity contribution < 1.29 is 14.3 Å². The maximum Gasteiger partial charge on any atom is 0.407 e. The highest BCUT2D eigenvalue weighted by Gasteiger charge is 2.43. The zero-order valence-corrected chi connectivity index (χ0v) is 7.53. The van der Waals surface area contributed by atoms with Gasteiger partial charge in [0.2, 0.25) is 0 Å². The van der Waals surface area contributed by atoms with E-state index in [4.69, 9.17) is 15.2 Å². The van der Waals surface area contributed by atoms with Crippen molar-refractivity contribution in [3.8, 4) is 0 Å². The minimum Gasteiger partial charge on any atom is -0.409 e. The van der Waals surface area contributed by atoms with E-state index < -0.39 is 11.9 Å². The molecule has 6 nitrogen and oxygen atoms in total. The molecule has 1 saturated heterocycles. The van der Waals surface area contributed by atoms with Crippen LogP contribution < -0.4 is 5.73 Å². The predicted molar refractivity (Wildman–Crippen MR) is 46.1 cm³/mol. The largest absolute Gasteiger partial charge is 0.409 e. The monoisotopic (exact) mass is 197 g/mol. The van der Waals surface area contributed by atoms with Gasteiger partial charge in [0.15, 0.2) is 5.82 Å². The molecule has 1 aliphatic heterocycles. The zero-order chi connectivity index (χ0) is 10.0. The molecule has 1 aromatic rings. The lowest BCUT2D eigenvalue weighted by Gasteiger charge is -2.24. The van der Waals surface area contributed by atoms with E-state index in [1.807, 2.05) is 0 Å². The molecule has 0 radical (unpaired) electrons. The molecule has 1 amide bonds. The highest BCUT2D eigenvalue weighted by atomic mass is 16.7. The van der Waals surface area contributed by atoms with Crippen LogP contribution in [-0.4, -0.2) is 22.7 Å². The summed E-state index contributed by atoms with van der Waals surface area (Å²) < 4.78 is 10.3. The standard InChI is InChI=1S/C8H11N3O3/c9-7(12)14-8(2-1-5-13-8)6-10-3-4-11-6/h3-4H,1-2,5H2,(H2,9,12)(H,10,11)/t8-/m0/s1. The fraction of sp³-hybridized carbons (Fsp3) is 0.500. The van der Waals surface area contributed by atoms with Crippen molar-refractivity contribution in [3.63, 3.8) is 0 Å². The summed E-state index contributed by atoms with van der Waals surface area (Å²) in [5.41, 5.74) is 4.98. The second-order valence-electron chi connectivity index (χ2n) is 3.06. The Morgan fingerprint density at radius 2 is 2.64 bits per heavy atom. The van der Waals surface area contributed by atoms with Gasteiger partial charge in [0, 0.05) is 18.8 Å². The molecule has 1 atom stereocenters. The summed E-state index contributed by atoms with van der Waals surface area (Å²) in [5.74, 6) is -0.621. The van der Waals surface area contributed by atoms with Gasteiger partial charge in [0.05, 0.1) is 6.61 Å². The Kier molecular flexibility index (Phi) is 2.12. The fourth-order valence-electron chi connectivity index (χ4n) is 1.57. The van der Waals surface area contributed by atoms with Gasteiger partial charge in [-0.3, -0.25) is 0 Å². The van der Waals surface area contributed by atoms with Gasteiger partial charge in [-0.2, -0.15) is 0 Å². The van der Waals surface area contributed by atoms with E-state index in [0.717, 1.165) is 6.42 Å². The Morgan fingerprint density at radius 3 is 3.14 bits per heavy atom. The summed E-state index contributed by atoms with van der Waals surface area (Å²) in [7, 11) is 0. The third kappa shape index (κ3) is 1.44. The number of nitrogens with two attached hydrogens (primary N) is 1. The van der Waals surface area contributed by atoms with Crippen LogP contribution in [0.25, 0.3) is 0 Å². The van der Waals surface area contributed by atoms with Crippen LogP contribution in [0.2, 0.25) is 0 Å². The van der Waals surface area contributed by atoms with Crippen LogP contribution in [0.1, 0.15) is 18.7 Å². The van der Waals surface area contributed by atoms with E-state index in [2.05, 4.69) is 9.97 Å². The quantitative estimate of drug-likeness (QED) is 0.720. The molecule has 2 heterocycles. The molecule has 1 aromatic heterocycles. The summed E-state index contributed by atoms with van der Waals surface area (Å²) in [6.07, 6.45) is 3.74. The molecule has 0 unspecified atom stereocenters. The summed E-state index contributed by atoms with van der Waals surface area (Å²) >= 11 is 0. The van der Waals surface area contributed by atoms with Gasteiger partial charge < -0.3 is 20.2 Å². The topological polar surface area (TPSA) is 90.2 Å². The maximum absolute atomic E-state index is 10.7. The summed E-state index contributed by atoms with van der Waals surface area (Å²) in [5, 5.41) is 0. The summed E-state index contributed by atoms with van der Waals surface area (Å²) in [4.78, 5) is 17.6. The van der Waals surface area contributed by atoms with E-state index in [1.54, 1.807) is 12.4 Å². The van der Waals surface area contributed by atoms with E-state index in [9.17, 15) is 4.79 Å². The van der Waals surface area contributed by atoms with Crippen LogP contribution in [0.3, 0.4) is 0 Å². The Bertz CT molecular complexity index is 317. The second-order valence-corrected chi connectivity index (χ2v) is 3.06. The number of primary amides is 1. The molecule has 0 spiro atoms. The van der Waals surface area contributed by atoms with Crippen molar-refractivity contribution >= 4 is 6.09 Å².